The summed E-state index contributed by atoms with van der Waals surface area (Å²) < 4.78 is 0. The molecule has 7 heteroatoms. The van der Waals surface area contributed by atoms with E-state index >= 15 is 0 Å². The van der Waals surface area contributed by atoms with Gasteiger partial charge in [0, 0.05) is 22.8 Å². The molecule has 0 saturated heterocycles. The van der Waals surface area contributed by atoms with Gasteiger partial charge in [-0.15, -0.1) is 35.1 Å². The molecule has 1 amide bonds. The number of thiazole rings is 1. The number of nitrogens with zero attached hydrogens (tertiary/aromatic N) is 1. The number of amides is 1. The van der Waals surface area contributed by atoms with Gasteiger partial charge in [-0.05, 0) is 31.0 Å². The summed E-state index contributed by atoms with van der Waals surface area (Å²) >= 11 is 3.39. The van der Waals surface area contributed by atoms with Crippen LogP contribution in [-0.2, 0) is 11.2 Å². The number of carbonyl (C=O) groups excluding carboxylic acids is 1. The molecule has 27 heavy (non-hydrogen) atoms. The molecule has 0 aliphatic heterocycles. The summed E-state index contributed by atoms with van der Waals surface area (Å²) in [5.41, 5.74) is 8.25. The van der Waals surface area contributed by atoms with E-state index in [0.29, 0.717) is 6.54 Å². The maximum Gasteiger partial charge on any atom is 0.224 e. The van der Waals surface area contributed by atoms with Crippen LogP contribution in [-0.4, -0.2) is 17.4 Å². The molecule has 0 aliphatic carbocycles. The first kappa shape index (κ1) is 21.6. The van der Waals surface area contributed by atoms with Gasteiger partial charge in [0.1, 0.15) is 0 Å². The Morgan fingerprint density at radius 2 is 1.96 bits per heavy atom. The third-order valence-corrected chi connectivity index (χ3v) is 6.28. The van der Waals surface area contributed by atoms with Gasteiger partial charge in [-0.1, -0.05) is 37.3 Å². The number of carbonyl (C=O) groups is 1. The van der Waals surface area contributed by atoms with E-state index in [2.05, 4.69) is 27.8 Å². The molecule has 2 heterocycles. The summed E-state index contributed by atoms with van der Waals surface area (Å²) in [5, 5.41) is 6.17. The average Bonchev–Trinajstić information content (AvgIpc) is 3.30. The summed E-state index contributed by atoms with van der Waals surface area (Å²) in [6.45, 7) is 4.50. The molecule has 2 atom stereocenters. The van der Waals surface area contributed by atoms with Crippen molar-refractivity contribution in [1.82, 2.24) is 10.3 Å². The Balaban J connectivity index is 0.00000261. The molecule has 1 aromatic carbocycles. The normalized spacial score (nSPS) is 12.9. The van der Waals surface area contributed by atoms with E-state index in [9.17, 15) is 4.79 Å². The SMILES string of the molecule is Cc1nc(-c2ccc(CCNC(=O)C(C)C(N)c3ccccc3)s2)cs1.Cl. The quantitative estimate of drug-likeness (QED) is 0.585. The molecule has 3 N–H and O–H groups in total. The Hall–Kier alpha value is -1.73. The van der Waals surface area contributed by atoms with Gasteiger partial charge in [-0.25, -0.2) is 4.98 Å². The predicted octanol–water partition coefficient (Wildman–Crippen LogP) is 4.60. The van der Waals surface area contributed by atoms with Gasteiger partial charge in [0.05, 0.1) is 21.5 Å². The van der Waals surface area contributed by atoms with Crippen LogP contribution < -0.4 is 11.1 Å². The van der Waals surface area contributed by atoms with E-state index in [-0.39, 0.29) is 30.3 Å². The number of hydrogen-bond acceptors (Lipinski definition) is 5. The monoisotopic (exact) mass is 421 g/mol. The number of thiophene rings is 1. The van der Waals surface area contributed by atoms with Crippen LogP contribution in [0.3, 0.4) is 0 Å². The van der Waals surface area contributed by atoms with Crippen LogP contribution in [0.25, 0.3) is 10.6 Å². The van der Waals surface area contributed by atoms with Crippen molar-refractivity contribution in [1.29, 1.82) is 0 Å². The fourth-order valence-corrected chi connectivity index (χ4v) is 4.38. The summed E-state index contributed by atoms with van der Waals surface area (Å²) in [6.07, 6.45) is 0.812. The average molecular weight is 422 g/mol. The molecule has 0 radical (unpaired) electrons. The zero-order chi connectivity index (χ0) is 18.5. The number of halogens is 1. The van der Waals surface area contributed by atoms with Crippen molar-refractivity contribution in [2.24, 2.45) is 11.7 Å². The number of aryl methyl sites for hydroxylation is 1. The highest BCUT2D eigenvalue weighted by Crippen LogP contribution is 2.29. The van der Waals surface area contributed by atoms with Gasteiger partial charge in [-0.3, -0.25) is 4.79 Å². The lowest BCUT2D eigenvalue weighted by molar-refractivity contribution is -0.125. The fourth-order valence-electron chi connectivity index (χ4n) is 2.72. The topological polar surface area (TPSA) is 68.0 Å². The smallest absolute Gasteiger partial charge is 0.224 e. The van der Waals surface area contributed by atoms with Crippen LogP contribution in [0.1, 0.15) is 28.4 Å². The summed E-state index contributed by atoms with van der Waals surface area (Å²) in [5.74, 6) is -0.275. The van der Waals surface area contributed by atoms with Crippen LogP contribution in [0, 0.1) is 12.8 Å². The van der Waals surface area contributed by atoms with E-state index in [1.807, 2.05) is 44.2 Å². The van der Waals surface area contributed by atoms with E-state index in [4.69, 9.17) is 5.73 Å². The predicted molar refractivity (Wildman–Crippen MR) is 117 cm³/mol. The lowest BCUT2D eigenvalue weighted by Crippen LogP contribution is -2.36. The summed E-state index contributed by atoms with van der Waals surface area (Å²) in [4.78, 5) is 19.3. The number of benzene rings is 1. The zero-order valence-electron chi connectivity index (χ0n) is 15.3. The number of nitrogens with two attached hydrogens (primary N) is 1. The molecule has 0 aliphatic rings. The Kier molecular flexibility index (Phi) is 7.98. The van der Waals surface area contributed by atoms with Gasteiger partial charge in [0.25, 0.3) is 0 Å². The van der Waals surface area contributed by atoms with Gasteiger partial charge >= 0.3 is 0 Å². The Labute approximate surface area is 174 Å². The van der Waals surface area contributed by atoms with Crippen LogP contribution in [0.4, 0.5) is 0 Å². The second kappa shape index (κ2) is 9.99. The number of hydrogen-bond donors (Lipinski definition) is 2. The second-order valence-electron chi connectivity index (χ2n) is 6.28. The molecule has 0 bridgehead atoms. The minimum Gasteiger partial charge on any atom is -0.355 e. The minimum absolute atomic E-state index is 0. The molecule has 2 aromatic heterocycles. The summed E-state index contributed by atoms with van der Waals surface area (Å²) in [6, 6.07) is 13.7. The molecular weight excluding hydrogens is 398 g/mol. The lowest BCUT2D eigenvalue weighted by atomic mass is 9.95. The molecular formula is C20H24ClN3OS2. The van der Waals surface area contributed by atoms with E-state index in [1.165, 1.54) is 9.75 Å². The molecule has 3 aromatic rings. The molecule has 0 saturated carbocycles. The maximum absolute atomic E-state index is 12.4. The van der Waals surface area contributed by atoms with E-state index in [0.717, 1.165) is 22.7 Å². The van der Waals surface area contributed by atoms with E-state index in [1.54, 1.807) is 22.7 Å². The highest BCUT2D eigenvalue weighted by atomic mass is 35.5. The first-order valence-corrected chi connectivity index (χ1v) is 10.3. The molecule has 0 spiro atoms. The van der Waals surface area contributed by atoms with Gasteiger partial charge in [-0.2, -0.15) is 0 Å². The molecule has 144 valence electrons. The first-order valence-electron chi connectivity index (χ1n) is 8.64. The lowest BCUT2D eigenvalue weighted by Gasteiger charge is -2.19. The van der Waals surface area contributed by atoms with E-state index < -0.39 is 0 Å². The molecule has 0 fully saturated rings. The maximum atomic E-state index is 12.4. The van der Waals surface area contributed by atoms with Gasteiger partial charge in [0.2, 0.25) is 5.91 Å². The highest BCUT2D eigenvalue weighted by molar-refractivity contribution is 7.16. The van der Waals surface area contributed by atoms with Crippen molar-refractivity contribution in [3.8, 4) is 10.6 Å². The zero-order valence-corrected chi connectivity index (χ0v) is 17.8. The first-order chi connectivity index (χ1) is 12.5. The number of rotatable bonds is 7. The van der Waals surface area contributed by atoms with Crippen molar-refractivity contribution in [2.45, 2.75) is 26.3 Å². The van der Waals surface area contributed by atoms with Crippen LogP contribution in [0.2, 0.25) is 0 Å². The molecule has 2 unspecified atom stereocenters. The van der Waals surface area contributed by atoms with Crippen molar-refractivity contribution >= 4 is 41.0 Å². The van der Waals surface area contributed by atoms with Crippen molar-refractivity contribution < 1.29 is 4.79 Å². The fraction of sp³-hybridized carbons (Fsp3) is 0.300. The Bertz CT molecular complexity index is 863. The van der Waals surface area contributed by atoms with Gasteiger partial charge < -0.3 is 11.1 Å². The standard InChI is InChI=1S/C20H23N3OS2.ClH/c1-13(19(21)15-6-4-3-5-7-15)20(24)22-11-10-16-8-9-18(26-16)17-12-25-14(2)23-17;/h3-9,12-13,19H,10-11,21H2,1-2H3,(H,22,24);1H. The summed E-state index contributed by atoms with van der Waals surface area (Å²) in [7, 11) is 0. The Morgan fingerprint density at radius 1 is 1.22 bits per heavy atom. The van der Waals surface area contributed by atoms with Crippen LogP contribution in [0.5, 0.6) is 0 Å². The largest absolute Gasteiger partial charge is 0.355 e. The number of nitrogens with one attached hydrogen (secondary N) is 1. The second-order valence-corrected chi connectivity index (χ2v) is 8.51. The number of aromatic nitrogens is 1. The van der Waals surface area contributed by atoms with Crippen molar-refractivity contribution in [3.63, 3.8) is 0 Å². The molecule has 3 rings (SSSR count). The van der Waals surface area contributed by atoms with Crippen molar-refractivity contribution in [2.75, 3.05) is 6.54 Å². The van der Waals surface area contributed by atoms with Crippen LogP contribution >= 0.6 is 35.1 Å². The highest BCUT2D eigenvalue weighted by Gasteiger charge is 2.21. The van der Waals surface area contributed by atoms with Crippen molar-refractivity contribution in [3.05, 3.63) is 63.3 Å². The van der Waals surface area contributed by atoms with Crippen LogP contribution in [0.15, 0.2) is 47.8 Å². The molecule has 4 nitrogen and oxygen atoms in total. The third kappa shape index (κ3) is 5.62. The Morgan fingerprint density at radius 3 is 2.63 bits per heavy atom. The minimum atomic E-state index is -0.294. The third-order valence-electron chi connectivity index (χ3n) is 4.34. The van der Waals surface area contributed by atoms with Gasteiger partial charge in [0.15, 0.2) is 0 Å².